The highest BCUT2D eigenvalue weighted by molar-refractivity contribution is 7.89. The van der Waals surface area contributed by atoms with Crippen molar-refractivity contribution in [1.29, 1.82) is 0 Å². The molecule has 0 spiro atoms. The van der Waals surface area contributed by atoms with E-state index in [0.717, 1.165) is 32.0 Å². The summed E-state index contributed by atoms with van der Waals surface area (Å²) in [6.07, 6.45) is 4.73. The van der Waals surface area contributed by atoms with Gasteiger partial charge in [0, 0.05) is 19.1 Å². The number of rotatable bonds is 5. The second-order valence-electron chi connectivity index (χ2n) is 4.98. The third-order valence-electron chi connectivity index (χ3n) is 3.70. The molecule has 2 atom stereocenters. The fraction of sp³-hybridized carbons (Fsp3) is 0.909. The van der Waals surface area contributed by atoms with E-state index in [1.807, 2.05) is 0 Å². The van der Waals surface area contributed by atoms with Gasteiger partial charge in [-0.05, 0) is 31.6 Å². The molecule has 1 saturated carbocycles. The van der Waals surface area contributed by atoms with Gasteiger partial charge in [-0.2, -0.15) is 0 Å². The molecule has 0 bridgehead atoms. The zero-order chi connectivity index (χ0) is 12.3. The molecule has 0 aromatic heterocycles. The summed E-state index contributed by atoms with van der Waals surface area (Å²) in [5.41, 5.74) is 0. The van der Waals surface area contributed by atoms with Crippen molar-refractivity contribution in [2.45, 2.75) is 31.7 Å². The van der Waals surface area contributed by atoms with Gasteiger partial charge < -0.3 is 10.1 Å². The molecule has 0 aromatic rings. The van der Waals surface area contributed by atoms with Gasteiger partial charge in [0.25, 0.3) is 0 Å². The van der Waals surface area contributed by atoms with Crippen LogP contribution in [-0.4, -0.2) is 50.4 Å². The predicted octanol–water partition coefficient (Wildman–Crippen LogP) is -0.0209. The molecule has 1 aliphatic carbocycles. The number of hydrogen-bond acceptors (Lipinski definition) is 4. The van der Waals surface area contributed by atoms with E-state index in [4.69, 9.17) is 0 Å². The summed E-state index contributed by atoms with van der Waals surface area (Å²) in [7, 11) is -2.95. The van der Waals surface area contributed by atoms with Gasteiger partial charge in [-0.15, -0.1) is 0 Å². The maximum absolute atomic E-state index is 11.7. The molecule has 1 saturated heterocycles. The van der Waals surface area contributed by atoms with Gasteiger partial charge in [-0.3, -0.25) is 0 Å². The number of carbonyl (C=O) groups excluding carboxylic acids is 1. The summed E-state index contributed by atoms with van der Waals surface area (Å²) >= 11 is 0. The summed E-state index contributed by atoms with van der Waals surface area (Å²) in [5.74, 6) is 0.763. The third kappa shape index (κ3) is 3.26. The maximum atomic E-state index is 11.7. The minimum atomic E-state index is -2.95. The van der Waals surface area contributed by atoms with E-state index >= 15 is 0 Å². The Balaban J connectivity index is 1.79. The first-order chi connectivity index (χ1) is 8.12. The molecule has 0 aromatic carbocycles. The zero-order valence-electron chi connectivity index (χ0n) is 9.97. The molecule has 6 heteroatoms. The van der Waals surface area contributed by atoms with Crippen LogP contribution in [-0.2, 0) is 14.8 Å². The Hall–Kier alpha value is -0.460. The average Bonchev–Trinajstić information content (AvgIpc) is 2.84. The van der Waals surface area contributed by atoms with Crippen LogP contribution in [0.15, 0.2) is 0 Å². The molecule has 0 amide bonds. The molecule has 2 rings (SSSR count). The minimum Gasteiger partial charge on any atom is -0.307 e. The van der Waals surface area contributed by atoms with Crippen LogP contribution >= 0.6 is 0 Å². The highest BCUT2D eigenvalue weighted by Gasteiger charge is 2.33. The largest absolute Gasteiger partial charge is 0.307 e. The molecule has 98 valence electrons. The van der Waals surface area contributed by atoms with Crippen molar-refractivity contribution in [2.75, 3.05) is 25.4 Å². The standard InChI is InChI=1S/C11H20N2O3S/c14-6-4-12-11-3-2-10(8-11)9-13-5-1-7-17(13,15)16/h6,10-12H,1-5,7-9H2/t10-,11+/m0/s1. The molecule has 1 heterocycles. The highest BCUT2D eigenvalue weighted by Crippen LogP contribution is 2.28. The number of aldehydes is 1. The lowest BCUT2D eigenvalue weighted by atomic mass is 10.1. The third-order valence-corrected chi connectivity index (χ3v) is 5.62. The van der Waals surface area contributed by atoms with Gasteiger partial charge in [0.1, 0.15) is 6.29 Å². The molecule has 0 unspecified atom stereocenters. The lowest BCUT2D eigenvalue weighted by molar-refractivity contribution is -0.107. The minimum absolute atomic E-state index is 0.312. The van der Waals surface area contributed by atoms with E-state index < -0.39 is 10.0 Å². The molecular formula is C11H20N2O3S. The lowest BCUT2D eigenvalue weighted by Gasteiger charge is -2.19. The summed E-state index contributed by atoms with van der Waals surface area (Å²) in [5, 5.41) is 3.17. The highest BCUT2D eigenvalue weighted by atomic mass is 32.2. The Kier molecular flexibility index (Phi) is 4.17. The number of carbonyl (C=O) groups is 1. The molecule has 1 aliphatic heterocycles. The van der Waals surface area contributed by atoms with Gasteiger partial charge in [0.2, 0.25) is 10.0 Å². The lowest BCUT2D eigenvalue weighted by Crippen LogP contribution is -2.32. The zero-order valence-corrected chi connectivity index (χ0v) is 10.8. The van der Waals surface area contributed by atoms with Gasteiger partial charge >= 0.3 is 0 Å². The molecule has 1 N–H and O–H groups in total. The number of nitrogens with one attached hydrogen (secondary N) is 1. The van der Waals surface area contributed by atoms with Crippen LogP contribution in [0.4, 0.5) is 0 Å². The van der Waals surface area contributed by atoms with Crippen molar-refractivity contribution < 1.29 is 13.2 Å². The topological polar surface area (TPSA) is 66.5 Å². The van der Waals surface area contributed by atoms with Crippen LogP contribution in [0.2, 0.25) is 0 Å². The Morgan fingerprint density at radius 1 is 1.35 bits per heavy atom. The summed E-state index contributed by atoms with van der Waals surface area (Å²) in [6.45, 7) is 1.76. The van der Waals surface area contributed by atoms with Crippen molar-refractivity contribution in [3.8, 4) is 0 Å². The van der Waals surface area contributed by atoms with Crippen LogP contribution in [0.5, 0.6) is 0 Å². The van der Waals surface area contributed by atoms with Crippen LogP contribution < -0.4 is 5.32 Å². The predicted molar refractivity (Wildman–Crippen MR) is 65.2 cm³/mol. The Bertz CT molecular complexity index is 369. The normalized spacial score (nSPS) is 32.9. The van der Waals surface area contributed by atoms with Crippen LogP contribution in [0.1, 0.15) is 25.7 Å². The number of sulfonamides is 1. The molecular weight excluding hydrogens is 240 g/mol. The second kappa shape index (κ2) is 5.46. The van der Waals surface area contributed by atoms with Crippen molar-refractivity contribution >= 4 is 16.3 Å². The SMILES string of the molecule is O=CCN[C@@H]1CC[C@H](CN2CCCS2(=O)=O)C1. The Morgan fingerprint density at radius 2 is 2.18 bits per heavy atom. The Labute approximate surface area is 103 Å². The van der Waals surface area contributed by atoms with Gasteiger partial charge in [-0.25, -0.2) is 12.7 Å². The first kappa shape index (κ1) is 13.0. The molecule has 2 aliphatic rings. The van der Waals surface area contributed by atoms with Gasteiger partial charge in [-0.1, -0.05) is 0 Å². The van der Waals surface area contributed by atoms with E-state index in [1.54, 1.807) is 4.31 Å². The maximum Gasteiger partial charge on any atom is 0.214 e. The van der Waals surface area contributed by atoms with E-state index in [1.165, 1.54) is 0 Å². The quantitative estimate of drug-likeness (QED) is 0.706. The Morgan fingerprint density at radius 3 is 2.82 bits per heavy atom. The molecule has 17 heavy (non-hydrogen) atoms. The first-order valence-electron chi connectivity index (χ1n) is 6.26. The van der Waals surface area contributed by atoms with Crippen LogP contribution in [0.25, 0.3) is 0 Å². The van der Waals surface area contributed by atoms with Crippen LogP contribution in [0.3, 0.4) is 0 Å². The van der Waals surface area contributed by atoms with E-state index in [-0.39, 0.29) is 0 Å². The monoisotopic (exact) mass is 260 g/mol. The van der Waals surface area contributed by atoms with E-state index in [2.05, 4.69) is 5.32 Å². The van der Waals surface area contributed by atoms with Gasteiger partial charge in [0.15, 0.2) is 0 Å². The first-order valence-corrected chi connectivity index (χ1v) is 7.87. The van der Waals surface area contributed by atoms with Gasteiger partial charge in [0.05, 0.1) is 12.3 Å². The fourth-order valence-corrected chi connectivity index (χ4v) is 4.42. The average molecular weight is 260 g/mol. The van der Waals surface area contributed by atoms with Crippen LogP contribution in [0, 0.1) is 5.92 Å². The summed E-state index contributed by atoms with van der Waals surface area (Å²) < 4.78 is 25.0. The van der Waals surface area contributed by atoms with Crippen molar-refractivity contribution in [3.05, 3.63) is 0 Å². The summed E-state index contributed by atoms with van der Waals surface area (Å²) in [4.78, 5) is 10.3. The fourth-order valence-electron chi connectivity index (χ4n) is 2.83. The number of nitrogens with zero attached hydrogens (tertiary/aromatic N) is 1. The van der Waals surface area contributed by atoms with Crippen molar-refractivity contribution in [1.82, 2.24) is 9.62 Å². The van der Waals surface area contributed by atoms with E-state index in [9.17, 15) is 13.2 Å². The molecule has 2 fully saturated rings. The van der Waals surface area contributed by atoms with Crippen molar-refractivity contribution in [3.63, 3.8) is 0 Å². The smallest absolute Gasteiger partial charge is 0.214 e. The molecule has 0 radical (unpaired) electrons. The number of hydrogen-bond donors (Lipinski definition) is 1. The van der Waals surface area contributed by atoms with Crippen molar-refractivity contribution in [2.24, 2.45) is 5.92 Å². The summed E-state index contributed by atoms with van der Waals surface area (Å²) in [6, 6.07) is 0.385. The second-order valence-corrected chi connectivity index (χ2v) is 7.07. The molecule has 5 nitrogen and oxygen atoms in total. The van der Waals surface area contributed by atoms with E-state index in [0.29, 0.717) is 37.3 Å².